The number of hydrogen-bond acceptors (Lipinski definition) is 4. The van der Waals surface area contributed by atoms with Gasteiger partial charge in [-0.2, -0.15) is 0 Å². The van der Waals surface area contributed by atoms with Gasteiger partial charge in [-0.3, -0.25) is 4.79 Å². The second-order valence-corrected chi connectivity index (χ2v) is 10.0. The van der Waals surface area contributed by atoms with E-state index >= 15 is 0 Å². The van der Waals surface area contributed by atoms with Crippen LogP contribution in [0.5, 0.6) is 0 Å². The second-order valence-electron chi connectivity index (χ2n) is 7.62. The van der Waals surface area contributed by atoms with Crippen LogP contribution in [0.25, 0.3) is 11.1 Å². The summed E-state index contributed by atoms with van der Waals surface area (Å²) in [5, 5.41) is 9.72. The zero-order chi connectivity index (χ0) is 22.9. The Kier molecular flexibility index (Phi) is 6.04. The van der Waals surface area contributed by atoms with E-state index in [1.54, 1.807) is 17.0 Å². The molecule has 1 aliphatic rings. The van der Waals surface area contributed by atoms with Crippen molar-refractivity contribution in [3.63, 3.8) is 0 Å². The van der Waals surface area contributed by atoms with Crippen LogP contribution in [0.4, 0.5) is 0 Å². The van der Waals surface area contributed by atoms with Crippen molar-refractivity contribution >= 4 is 33.3 Å². The van der Waals surface area contributed by atoms with Gasteiger partial charge in [0.1, 0.15) is 0 Å². The zero-order valence-electron chi connectivity index (χ0n) is 17.0. The number of carboxylic acids is 1. The number of rotatable bonds is 6. The van der Waals surface area contributed by atoms with Crippen LogP contribution in [0.2, 0.25) is 5.02 Å². The summed E-state index contributed by atoms with van der Waals surface area (Å²) in [6.07, 6.45) is 0.910. The van der Waals surface area contributed by atoms with Crippen LogP contribution >= 0.6 is 11.6 Å². The lowest BCUT2D eigenvalue weighted by Crippen LogP contribution is -2.42. The van der Waals surface area contributed by atoms with Crippen LogP contribution in [0.3, 0.4) is 0 Å². The first-order chi connectivity index (χ1) is 15.2. The van der Waals surface area contributed by atoms with Gasteiger partial charge in [-0.1, -0.05) is 48.0 Å². The topological polar surface area (TPSA) is 91.7 Å². The molecule has 1 saturated heterocycles. The lowest BCUT2D eigenvalue weighted by Gasteiger charge is -2.31. The van der Waals surface area contributed by atoms with Gasteiger partial charge in [0.15, 0.2) is 9.84 Å². The molecule has 1 N–H and O–H groups in total. The fourth-order valence-electron chi connectivity index (χ4n) is 3.59. The Bertz CT molecular complexity index is 1300. The quantitative estimate of drug-likeness (QED) is 0.572. The standard InChI is InChI=1S/C24H20ClNO5S/c25-20-12-18(23(27)26-9-4-10-26)13-21(14-20)32(30,31)15-19-11-17(7-8-22(19)24(28)29)16-5-2-1-3-6-16/h1-3,5-8,11-14H,4,9-10,15H2,(H,28,29). The Balaban J connectivity index is 1.72. The number of aromatic carboxylic acids is 1. The van der Waals surface area contributed by atoms with E-state index in [-0.39, 0.29) is 32.5 Å². The maximum absolute atomic E-state index is 13.2. The normalized spacial score (nSPS) is 13.5. The number of halogens is 1. The number of nitrogens with zero attached hydrogens (tertiary/aromatic N) is 1. The molecule has 8 heteroatoms. The van der Waals surface area contributed by atoms with E-state index < -0.39 is 21.6 Å². The Morgan fingerprint density at radius 3 is 2.28 bits per heavy atom. The van der Waals surface area contributed by atoms with Gasteiger partial charge in [-0.05, 0) is 53.4 Å². The molecule has 32 heavy (non-hydrogen) atoms. The molecule has 1 fully saturated rings. The second kappa shape index (κ2) is 8.76. The molecule has 1 amide bonds. The molecule has 1 aliphatic heterocycles. The fourth-order valence-corrected chi connectivity index (χ4v) is 5.32. The number of benzene rings is 3. The van der Waals surface area contributed by atoms with Crippen LogP contribution in [-0.2, 0) is 15.6 Å². The minimum Gasteiger partial charge on any atom is -0.478 e. The first-order valence-electron chi connectivity index (χ1n) is 9.99. The molecule has 0 atom stereocenters. The molecule has 0 aliphatic carbocycles. The minimum absolute atomic E-state index is 0.0906. The number of hydrogen-bond donors (Lipinski definition) is 1. The third-order valence-corrected chi connectivity index (χ3v) is 7.27. The van der Waals surface area contributed by atoms with E-state index in [0.29, 0.717) is 18.7 Å². The first kappa shape index (κ1) is 22.0. The number of carbonyl (C=O) groups is 2. The Morgan fingerprint density at radius 2 is 1.66 bits per heavy atom. The van der Waals surface area contributed by atoms with Gasteiger partial charge in [0.2, 0.25) is 0 Å². The third kappa shape index (κ3) is 4.54. The highest BCUT2D eigenvalue weighted by molar-refractivity contribution is 7.90. The smallest absolute Gasteiger partial charge is 0.335 e. The molecular formula is C24H20ClNO5S. The van der Waals surface area contributed by atoms with Crippen LogP contribution < -0.4 is 0 Å². The maximum Gasteiger partial charge on any atom is 0.335 e. The van der Waals surface area contributed by atoms with Crippen LogP contribution in [0, 0.1) is 0 Å². The van der Waals surface area contributed by atoms with Crippen molar-refractivity contribution in [1.29, 1.82) is 0 Å². The summed E-state index contributed by atoms with van der Waals surface area (Å²) < 4.78 is 26.5. The third-order valence-electron chi connectivity index (χ3n) is 5.41. The number of amides is 1. The van der Waals surface area contributed by atoms with E-state index in [0.717, 1.165) is 12.0 Å². The first-order valence-corrected chi connectivity index (χ1v) is 12.0. The summed E-state index contributed by atoms with van der Waals surface area (Å²) in [6, 6.07) is 17.9. The highest BCUT2D eigenvalue weighted by Crippen LogP contribution is 2.28. The SMILES string of the molecule is O=C(O)c1ccc(-c2ccccc2)cc1CS(=O)(=O)c1cc(Cl)cc(C(=O)N2CCC2)c1. The molecule has 0 bridgehead atoms. The van der Waals surface area contributed by atoms with Crippen molar-refractivity contribution in [3.8, 4) is 11.1 Å². The highest BCUT2D eigenvalue weighted by Gasteiger charge is 2.25. The van der Waals surface area contributed by atoms with E-state index in [9.17, 15) is 23.1 Å². The van der Waals surface area contributed by atoms with Crippen molar-refractivity contribution in [2.24, 2.45) is 0 Å². The molecule has 164 valence electrons. The van der Waals surface area contributed by atoms with E-state index in [4.69, 9.17) is 11.6 Å². The van der Waals surface area contributed by atoms with Gasteiger partial charge in [0.05, 0.1) is 16.2 Å². The number of carbonyl (C=O) groups excluding carboxylic acids is 1. The highest BCUT2D eigenvalue weighted by atomic mass is 35.5. The maximum atomic E-state index is 13.2. The summed E-state index contributed by atoms with van der Waals surface area (Å²) >= 11 is 6.13. The molecule has 4 rings (SSSR count). The van der Waals surface area contributed by atoms with Crippen molar-refractivity contribution in [2.75, 3.05) is 13.1 Å². The Morgan fingerprint density at radius 1 is 0.938 bits per heavy atom. The monoisotopic (exact) mass is 469 g/mol. The molecule has 0 radical (unpaired) electrons. The van der Waals surface area contributed by atoms with Crippen molar-refractivity contribution in [3.05, 3.63) is 88.4 Å². The van der Waals surface area contributed by atoms with Crippen molar-refractivity contribution in [2.45, 2.75) is 17.1 Å². The number of likely N-dealkylation sites (tertiary alicyclic amines) is 1. The minimum atomic E-state index is -3.98. The zero-order valence-corrected chi connectivity index (χ0v) is 18.6. The van der Waals surface area contributed by atoms with Gasteiger partial charge in [-0.15, -0.1) is 0 Å². The fraction of sp³-hybridized carbons (Fsp3) is 0.167. The average molecular weight is 470 g/mol. The molecule has 3 aromatic rings. The average Bonchev–Trinajstić information content (AvgIpc) is 2.72. The number of sulfone groups is 1. The molecule has 0 aromatic heterocycles. The van der Waals surface area contributed by atoms with Crippen molar-refractivity contribution in [1.82, 2.24) is 4.90 Å². The van der Waals surface area contributed by atoms with E-state index in [1.165, 1.54) is 24.3 Å². The predicted molar refractivity (Wildman–Crippen MR) is 122 cm³/mol. The molecule has 0 unspecified atom stereocenters. The lowest BCUT2D eigenvalue weighted by molar-refractivity contribution is 0.0650. The largest absolute Gasteiger partial charge is 0.478 e. The van der Waals surface area contributed by atoms with Gasteiger partial charge < -0.3 is 10.0 Å². The Hall–Kier alpha value is -3.16. The molecule has 1 heterocycles. The lowest BCUT2D eigenvalue weighted by atomic mass is 10.00. The summed E-state index contributed by atoms with van der Waals surface area (Å²) in [5.74, 6) is -2.02. The summed E-state index contributed by atoms with van der Waals surface area (Å²) in [7, 11) is -3.98. The van der Waals surface area contributed by atoms with E-state index in [2.05, 4.69) is 0 Å². The number of carboxylic acid groups (broad SMARTS) is 1. The van der Waals surface area contributed by atoms with Crippen LogP contribution in [0.15, 0.2) is 71.6 Å². The summed E-state index contributed by atoms with van der Waals surface area (Å²) in [5.41, 5.74) is 1.82. The molecule has 6 nitrogen and oxygen atoms in total. The van der Waals surface area contributed by atoms with Gasteiger partial charge in [-0.25, -0.2) is 13.2 Å². The van der Waals surface area contributed by atoms with E-state index in [1.807, 2.05) is 30.3 Å². The molecular weight excluding hydrogens is 450 g/mol. The summed E-state index contributed by atoms with van der Waals surface area (Å²) in [6.45, 7) is 1.25. The predicted octanol–water partition coefficient (Wildman–Crippen LogP) is 4.53. The summed E-state index contributed by atoms with van der Waals surface area (Å²) in [4.78, 5) is 25.8. The van der Waals surface area contributed by atoms with Gasteiger partial charge >= 0.3 is 5.97 Å². The van der Waals surface area contributed by atoms with Crippen LogP contribution in [-0.4, -0.2) is 43.4 Å². The Labute approximate surface area is 191 Å². The molecule has 3 aromatic carbocycles. The van der Waals surface area contributed by atoms with Gasteiger partial charge in [0.25, 0.3) is 5.91 Å². The molecule has 0 spiro atoms. The van der Waals surface area contributed by atoms with Crippen molar-refractivity contribution < 1.29 is 23.1 Å². The van der Waals surface area contributed by atoms with Gasteiger partial charge in [0, 0.05) is 23.7 Å². The molecule has 0 saturated carbocycles. The van der Waals surface area contributed by atoms with Crippen LogP contribution in [0.1, 0.15) is 32.7 Å².